The monoisotopic (exact) mass is 414 g/mol. The predicted octanol–water partition coefficient (Wildman–Crippen LogP) is 3.87. The second kappa shape index (κ2) is 8.68. The smallest absolute Gasteiger partial charge is 0.310 e. The van der Waals surface area contributed by atoms with Crippen LogP contribution in [0.4, 0.5) is 0 Å². The number of carboxylic acids is 1. The molecule has 0 saturated carbocycles. The maximum atomic E-state index is 12.8. The molecular weight excluding hydrogens is 392 g/mol. The van der Waals surface area contributed by atoms with Crippen molar-refractivity contribution < 1.29 is 19.8 Å². The van der Waals surface area contributed by atoms with Gasteiger partial charge in [0.05, 0.1) is 18.6 Å². The van der Waals surface area contributed by atoms with Crippen LogP contribution in [0.5, 0.6) is 0 Å². The van der Waals surface area contributed by atoms with Crippen molar-refractivity contribution in [3.8, 4) is 0 Å². The molecule has 0 aliphatic carbocycles. The Morgan fingerprint density at radius 1 is 1.14 bits per heavy atom. The van der Waals surface area contributed by atoms with E-state index in [2.05, 4.69) is 5.32 Å². The molecule has 2 aromatic carbocycles. The molecular formula is C22H23ClN2O4. The molecule has 0 radical (unpaired) electrons. The van der Waals surface area contributed by atoms with Crippen LogP contribution in [0.25, 0.3) is 10.9 Å². The summed E-state index contributed by atoms with van der Waals surface area (Å²) in [4.78, 5) is 24.2. The van der Waals surface area contributed by atoms with Gasteiger partial charge in [-0.05, 0) is 35.7 Å². The van der Waals surface area contributed by atoms with Crippen molar-refractivity contribution in [2.75, 3.05) is 6.61 Å². The highest BCUT2D eigenvalue weighted by Crippen LogP contribution is 2.27. The number of carbonyl (C=O) groups is 2. The highest BCUT2D eigenvalue weighted by molar-refractivity contribution is 6.35. The van der Waals surface area contributed by atoms with Crippen molar-refractivity contribution in [2.45, 2.75) is 25.3 Å². The van der Waals surface area contributed by atoms with Gasteiger partial charge in [-0.1, -0.05) is 48.9 Å². The van der Waals surface area contributed by atoms with E-state index in [1.54, 1.807) is 48.0 Å². The van der Waals surface area contributed by atoms with Gasteiger partial charge < -0.3 is 20.1 Å². The van der Waals surface area contributed by atoms with Crippen molar-refractivity contribution in [3.63, 3.8) is 0 Å². The Hall–Kier alpha value is -2.83. The second-order valence-corrected chi connectivity index (χ2v) is 7.34. The average molecular weight is 415 g/mol. The molecule has 0 spiro atoms. The molecule has 7 heteroatoms. The lowest BCUT2D eigenvalue weighted by atomic mass is 9.94. The molecule has 1 amide bonds. The first-order valence-corrected chi connectivity index (χ1v) is 9.73. The van der Waals surface area contributed by atoms with Gasteiger partial charge in [0.2, 0.25) is 0 Å². The van der Waals surface area contributed by atoms with Crippen LogP contribution in [0.2, 0.25) is 5.02 Å². The van der Waals surface area contributed by atoms with E-state index in [-0.39, 0.29) is 12.5 Å². The van der Waals surface area contributed by atoms with Gasteiger partial charge in [-0.3, -0.25) is 9.59 Å². The minimum absolute atomic E-state index is 0.286. The number of aliphatic hydroxyl groups excluding tert-OH is 1. The lowest BCUT2D eigenvalue weighted by molar-refractivity contribution is -0.138. The fraction of sp³-hybridized carbons (Fsp3) is 0.273. The molecule has 3 aromatic rings. The zero-order valence-corrected chi connectivity index (χ0v) is 17.0. The lowest BCUT2D eigenvalue weighted by Crippen LogP contribution is -2.32. The number of aryl methyl sites for hydroxylation is 1. The molecule has 29 heavy (non-hydrogen) atoms. The van der Waals surface area contributed by atoms with E-state index in [9.17, 15) is 19.8 Å². The minimum atomic E-state index is -0.873. The zero-order valence-electron chi connectivity index (χ0n) is 16.2. The summed E-state index contributed by atoms with van der Waals surface area (Å²) in [6, 6.07) is 13.5. The first kappa shape index (κ1) is 20.9. The fourth-order valence-electron chi connectivity index (χ4n) is 3.52. The summed E-state index contributed by atoms with van der Waals surface area (Å²) < 4.78 is 1.76. The maximum Gasteiger partial charge on any atom is 0.310 e. The van der Waals surface area contributed by atoms with E-state index in [0.717, 1.165) is 10.9 Å². The molecule has 1 heterocycles. The number of nitrogens with one attached hydrogen (secondary N) is 1. The molecule has 3 rings (SSSR count). The summed E-state index contributed by atoms with van der Waals surface area (Å²) in [6.07, 6.45) is 0.485. The number of carboxylic acid groups (broad SMARTS) is 1. The Morgan fingerprint density at radius 3 is 2.34 bits per heavy atom. The summed E-state index contributed by atoms with van der Waals surface area (Å²) in [6.45, 7) is 1.53. The average Bonchev–Trinajstić information content (AvgIpc) is 3.05. The van der Waals surface area contributed by atoms with Gasteiger partial charge in [-0.15, -0.1) is 0 Å². The number of aliphatic carboxylic acids is 1. The molecule has 0 aliphatic rings. The lowest BCUT2D eigenvalue weighted by Gasteiger charge is -2.18. The van der Waals surface area contributed by atoms with E-state index in [1.807, 2.05) is 19.1 Å². The zero-order chi connectivity index (χ0) is 21.1. The third-order valence-electron chi connectivity index (χ3n) is 5.20. The highest BCUT2D eigenvalue weighted by atomic mass is 35.5. The Labute approximate surface area is 173 Å². The van der Waals surface area contributed by atoms with Crippen molar-refractivity contribution in [1.82, 2.24) is 9.88 Å². The summed E-state index contributed by atoms with van der Waals surface area (Å²) in [7, 11) is 1.78. The van der Waals surface area contributed by atoms with Gasteiger partial charge in [-0.25, -0.2) is 0 Å². The van der Waals surface area contributed by atoms with E-state index in [4.69, 9.17) is 11.6 Å². The predicted molar refractivity (Wildman–Crippen MR) is 112 cm³/mol. The molecule has 2 atom stereocenters. The van der Waals surface area contributed by atoms with Gasteiger partial charge >= 0.3 is 5.97 Å². The van der Waals surface area contributed by atoms with Crippen molar-refractivity contribution in [2.24, 2.45) is 7.05 Å². The largest absolute Gasteiger partial charge is 0.481 e. The Morgan fingerprint density at radius 2 is 1.79 bits per heavy atom. The molecule has 152 valence electrons. The number of fused-ring (bicyclic) bond motifs is 1. The molecule has 0 fully saturated rings. The van der Waals surface area contributed by atoms with Gasteiger partial charge in [-0.2, -0.15) is 0 Å². The van der Waals surface area contributed by atoms with Crippen LogP contribution in [-0.2, 0) is 11.8 Å². The first-order chi connectivity index (χ1) is 13.9. The Balaban J connectivity index is 1.83. The Bertz CT molecular complexity index is 1040. The SMILES string of the molecule is CCC(C(=O)O)c1ccc([C@@H](CO)NC(=O)c2cc3c(Cl)cccc3n2C)cc1. The number of aromatic nitrogens is 1. The number of benzene rings is 2. The quantitative estimate of drug-likeness (QED) is 0.547. The van der Waals surface area contributed by atoms with Gasteiger partial charge in [0.25, 0.3) is 5.91 Å². The molecule has 6 nitrogen and oxygen atoms in total. The van der Waals surface area contributed by atoms with Crippen molar-refractivity contribution >= 4 is 34.4 Å². The van der Waals surface area contributed by atoms with Crippen LogP contribution < -0.4 is 5.32 Å². The summed E-state index contributed by atoms with van der Waals surface area (Å²) in [5.41, 5.74) is 2.66. The third-order valence-corrected chi connectivity index (χ3v) is 5.53. The van der Waals surface area contributed by atoms with E-state index >= 15 is 0 Å². The van der Waals surface area contributed by atoms with Crippen molar-refractivity contribution in [3.05, 3.63) is 70.4 Å². The fourth-order valence-corrected chi connectivity index (χ4v) is 3.75. The molecule has 1 aromatic heterocycles. The van der Waals surface area contributed by atoms with Crippen molar-refractivity contribution in [1.29, 1.82) is 0 Å². The molecule has 3 N–H and O–H groups in total. The topological polar surface area (TPSA) is 91.6 Å². The van der Waals surface area contributed by atoms with E-state index in [0.29, 0.717) is 28.3 Å². The molecule has 0 aliphatic heterocycles. The van der Waals surface area contributed by atoms with Crippen LogP contribution in [0.1, 0.15) is 46.9 Å². The normalized spacial score (nSPS) is 13.2. The minimum Gasteiger partial charge on any atom is -0.481 e. The van der Waals surface area contributed by atoms with E-state index in [1.165, 1.54) is 0 Å². The van der Waals surface area contributed by atoms with Crippen LogP contribution >= 0.6 is 11.6 Å². The summed E-state index contributed by atoms with van der Waals surface area (Å²) >= 11 is 6.22. The van der Waals surface area contributed by atoms with E-state index < -0.39 is 17.9 Å². The third kappa shape index (κ3) is 4.13. The van der Waals surface area contributed by atoms with Gasteiger partial charge in [0.15, 0.2) is 0 Å². The van der Waals surface area contributed by atoms with Gasteiger partial charge in [0.1, 0.15) is 5.69 Å². The number of aliphatic hydroxyl groups is 1. The van der Waals surface area contributed by atoms with Crippen LogP contribution in [-0.4, -0.2) is 33.3 Å². The number of hydrogen-bond acceptors (Lipinski definition) is 3. The van der Waals surface area contributed by atoms with Crippen LogP contribution in [0, 0.1) is 0 Å². The molecule has 0 bridgehead atoms. The summed E-state index contributed by atoms with van der Waals surface area (Å²) in [5, 5.41) is 23.3. The molecule has 0 saturated heterocycles. The number of nitrogens with zero attached hydrogens (tertiary/aromatic N) is 1. The van der Waals surface area contributed by atoms with Gasteiger partial charge in [0, 0.05) is 23.0 Å². The second-order valence-electron chi connectivity index (χ2n) is 6.94. The first-order valence-electron chi connectivity index (χ1n) is 9.35. The number of hydrogen-bond donors (Lipinski definition) is 3. The number of rotatable bonds is 7. The standard InChI is InChI=1S/C22H23ClN2O4/c1-3-15(22(28)29)13-7-9-14(10-8-13)18(12-26)24-21(27)20-11-16-17(23)5-4-6-19(16)25(20)2/h4-11,15,18,26H,3,12H2,1-2H3,(H,24,27)(H,28,29)/t15?,18-/m1/s1. The number of carbonyl (C=O) groups excluding carboxylic acids is 1. The van der Waals surface area contributed by atoms with Crippen LogP contribution in [0.3, 0.4) is 0 Å². The summed E-state index contributed by atoms with van der Waals surface area (Å²) in [5.74, 6) is -1.78. The molecule has 1 unspecified atom stereocenters. The van der Waals surface area contributed by atoms with Crippen LogP contribution in [0.15, 0.2) is 48.5 Å². The number of amides is 1. The highest BCUT2D eigenvalue weighted by Gasteiger charge is 2.21. The number of halogens is 1. The maximum absolute atomic E-state index is 12.8. The Kier molecular flexibility index (Phi) is 6.25.